The molecule has 12 nitrogen and oxygen atoms in total. The van der Waals surface area contributed by atoms with Gasteiger partial charge in [0, 0.05) is 25.0 Å². The van der Waals surface area contributed by atoms with Gasteiger partial charge in [0.2, 0.25) is 17.7 Å². The zero-order valence-corrected chi connectivity index (χ0v) is 22.8. The van der Waals surface area contributed by atoms with Gasteiger partial charge < -0.3 is 31.0 Å². The van der Waals surface area contributed by atoms with E-state index >= 15 is 0 Å². The Morgan fingerprint density at radius 2 is 2.03 bits per heavy atom. The van der Waals surface area contributed by atoms with E-state index in [2.05, 4.69) is 10.3 Å². The van der Waals surface area contributed by atoms with Gasteiger partial charge >= 0.3 is 0 Å². The average molecular weight is 546 g/mol. The number of hydrogen-bond donors (Lipinski definition) is 4. The van der Waals surface area contributed by atoms with E-state index < -0.39 is 53.4 Å². The molecule has 0 spiro atoms. The molecule has 1 aromatic carbocycles. The largest absolute Gasteiger partial charge is 0.368 e. The van der Waals surface area contributed by atoms with E-state index in [9.17, 15) is 23.9 Å². The molecule has 3 rings (SSSR count). The van der Waals surface area contributed by atoms with Gasteiger partial charge in [-0.05, 0) is 44.2 Å². The molecule has 1 saturated heterocycles. The molecule has 1 aliphatic heterocycles. The lowest BCUT2D eigenvalue weighted by atomic mass is 9.85. The number of anilines is 1. The molecular formula is C26H36FN7O5. The number of halogens is 1. The summed E-state index contributed by atoms with van der Waals surface area (Å²) >= 11 is 0. The number of nitrogens with zero attached hydrogens (tertiary/aromatic N) is 4. The Kier molecular flexibility index (Phi) is 8.76. The second-order valence-electron chi connectivity index (χ2n) is 10.8. The second kappa shape index (κ2) is 11.5. The van der Waals surface area contributed by atoms with Gasteiger partial charge in [-0.15, -0.1) is 0 Å². The highest BCUT2D eigenvalue weighted by Gasteiger charge is 2.41. The first kappa shape index (κ1) is 29.7. The molecule has 2 aromatic rings. The third-order valence-electron chi connectivity index (χ3n) is 6.66. The molecule has 3 atom stereocenters. The van der Waals surface area contributed by atoms with Crippen molar-refractivity contribution in [3.8, 4) is 5.69 Å². The van der Waals surface area contributed by atoms with Gasteiger partial charge in [-0.2, -0.15) is 0 Å². The van der Waals surface area contributed by atoms with Crippen LogP contribution < -0.4 is 16.1 Å². The summed E-state index contributed by atoms with van der Waals surface area (Å²) in [7, 11) is 0. The van der Waals surface area contributed by atoms with Gasteiger partial charge in [-0.25, -0.2) is 14.4 Å². The Labute approximate surface area is 226 Å². The first-order chi connectivity index (χ1) is 18.1. The molecule has 1 fully saturated rings. The van der Waals surface area contributed by atoms with Gasteiger partial charge in [0.15, 0.2) is 12.3 Å². The highest BCUT2D eigenvalue weighted by atomic mass is 19.1. The van der Waals surface area contributed by atoms with Crippen LogP contribution in [-0.4, -0.2) is 74.0 Å². The van der Waals surface area contributed by atoms with E-state index in [4.69, 9.17) is 16.0 Å². The van der Waals surface area contributed by atoms with Crippen LogP contribution >= 0.6 is 0 Å². The van der Waals surface area contributed by atoms with Crippen LogP contribution in [0.4, 0.5) is 10.1 Å². The number of carbonyl (C=O) groups is 3. The summed E-state index contributed by atoms with van der Waals surface area (Å²) < 4.78 is 16.4. The van der Waals surface area contributed by atoms with Crippen LogP contribution in [0.3, 0.4) is 0 Å². The number of nitrogens with one attached hydrogen (secondary N) is 2. The summed E-state index contributed by atoms with van der Waals surface area (Å²) in [5.41, 5.74) is 2.73. The van der Waals surface area contributed by atoms with Gasteiger partial charge in [0.1, 0.15) is 17.9 Å². The van der Waals surface area contributed by atoms with Gasteiger partial charge in [-0.3, -0.25) is 19.2 Å². The van der Waals surface area contributed by atoms with Crippen LogP contribution in [0.1, 0.15) is 47.5 Å². The first-order valence-corrected chi connectivity index (χ1v) is 12.5. The molecule has 5 N–H and O–H groups in total. The lowest BCUT2D eigenvalue weighted by molar-refractivity contribution is -0.144. The van der Waals surface area contributed by atoms with Crippen LogP contribution in [-0.2, 0) is 19.2 Å². The van der Waals surface area contributed by atoms with E-state index in [0.29, 0.717) is 19.4 Å². The number of rotatable bonds is 10. The van der Waals surface area contributed by atoms with Crippen molar-refractivity contribution in [3.63, 3.8) is 0 Å². The maximum Gasteiger partial charge on any atom is 0.249 e. The summed E-state index contributed by atoms with van der Waals surface area (Å²) in [5.74, 6) is -2.39. The fourth-order valence-electron chi connectivity index (χ4n) is 4.30. The van der Waals surface area contributed by atoms with Gasteiger partial charge in [-0.1, -0.05) is 20.8 Å². The van der Waals surface area contributed by atoms with Crippen molar-refractivity contribution < 1.29 is 28.7 Å². The number of benzene rings is 1. The fourth-order valence-corrected chi connectivity index (χ4v) is 4.30. The van der Waals surface area contributed by atoms with Crippen molar-refractivity contribution in [3.05, 3.63) is 42.7 Å². The zero-order valence-electron chi connectivity index (χ0n) is 22.8. The Balaban J connectivity index is 1.80. The lowest BCUT2D eigenvalue weighted by Gasteiger charge is -2.37. The Hall–Kier alpha value is -3.84. The SMILES string of the molecule is CC(=N)C(C)(O)N(OCC(=O)N[C@H](C(=O)N1CCC[C@H]1C(N)=O)C(C)(C)C)c1ccc(-n2ccnc2)c(F)c1. The number of nitrogens with two attached hydrogens (primary N) is 1. The maximum absolute atomic E-state index is 15.0. The van der Waals surface area contributed by atoms with Crippen LogP contribution in [0.25, 0.3) is 5.69 Å². The van der Waals surface area contributed by atoms with Crippen molar-refractivity contribution in [1.82, 2.24) is 19.8 Å². The predicted molar refractivity (Wildman–Crippen MR) is 141 cm³/mol. The van der Waals surface area contributed by atoms with Crippen LogP contribution in [0.15, 0.2) is 36.9 Å². The lowest BCUT2D eigenvalue weighted by Crippen LogP contribution is -2.58. The minimum Gasteiger partial charge on any atom is -0.368 e. The third kappa shape index (κ3) is 6.60. The van der Waals surface area contributed by atoms with Crippen molar-refractivity contribution in [1.29, 1.82) is 5.41 Å². The number of hydrogen-bond acceptors (Lipinski definition) is 8. The maximum atomic E-state index is 15.0. The van der Waals surface area contributed by atoms with Crippen molar-refractivity contribution in [2.24, 2.45) is 11.1 Å². The van der Waals surface area contributed by atoms with E-state index in [1.807, 2.05) is 0 Å². The number of amides is 3. The summed E-state index contributed by atoms with van der Waals surface area (Å²) in [6.07, 6.45) is 5.57. The van der Waals surface area contributed by atoms with Gasteiger partial charge in [0.05, 0.1) is 23.4 Å². The highest BCUT2D eigenvalue weighted by Crippen LogP contribution is 2.28. The smallest absolute Gasteiger partial charge is 0.249 e. The summed E-state index contributed by atoms with van der Waals surface area (Å²) in [6.45, 7) is 7.61. The summed E-state index contributed by atoms with van der Waals surface area (Å²) in [6, 6.07) is 2.27. The molecule has 3 amide bonds. The fraction of sp³-hybridized carbons (Fsp3) is 0.500. The standard InChI is InChI=1S/C26H36FN7O5/c1-16(28)26(5,38)34(17-8-9-19(18(27)13-17)32-12-10-30-15-32)39-14-21(35)31-22(25(2,3)4)24(37)33-11-6-7-20(33)23(29)36/h8-10,12-13,15,20,22,28,38H,6-7,11,14H2,1-5H3,(H2,29,36)(H,31,35)/t20-,22+,26?/m0/s1. The molecular weight excluding hydrogens is 509 g/mol. The number of imidazole rings is 1. The number of carbonyl (C=O) groups excluding carboxylic acids is 3. The number of likely N-dealkylation sites (tertiary alicyclic amines) is 1. The normalized spacial score (nSPS) is 17.8. The van der Waals surface area contributed by atoms with E-state index in [1.165, 1.54) is 48.0 Å². The molecule has 13 heteroatoms. The Morgan fingerprint density at radius 1 is 1.33 bits per heavy atom. The number of primary amides is 1. The Morgan fingerprint density at radius 3 is 2.56 bits per heavy atom. The summed E-state index contributed by atoms with van der Waals surface area (Å²) in [5, 5.41) is 22.5. The quantitative estimate of drug-likeness (QED) is 0.199. The predicted octanol–water partition coefficient (Wildman–Crippen LogP) is 1.50. The summed E-state index contributed by atoms with van der Waals surface area (Å²) in [4.78, 5) is 49.1. The molecule has 1 aliphatic rings. The molecule has 1 unspecified atom stereocenters. The van der Waals surface area contributed by atoms with Crippen LogP contribution in [0.5, 0.6) is 0 Å². The molecule has 0 aliphatic carbocycles. The highest BCUT2D eigenvalue weighted by molar-refractivity contribution is 5.93. The minimum atomic E-state index is -2.03. The zero-order chi connectivity index (χ0) is 29.1. The minimum absolute atomic E-state index is 0.0468. The topological polar surface area (TPSA) is 167 Å². The molecule has 212 valence electrons. The molecule has 1 aromatic heterocycles. The third-order valence-corrected chi connectivity index (χ3v) is 6.66. The Bertz CT molecular complexity index is 1230. The first-order valence-electron chi connectivity index (χ1n) is 12.5. The van der Waals surface area contributed by atoms with E-state index in [1.54, 1.807) is 27.0 Å². The number of hydroxylamine groups is 1. The molecule has 39 heavy (non-hydrogen) atoms. The number of aromatic nitrogens is 2. The van der Waals surface area contributed by atoms with E-state index in [0.717, 1.165) is 11.1 Å². The van der Waals surface area contributed by atoms with Crippen molar-refractivity contribution >= 4 is 29.1 Å². The molecule has 0 radical (unpaired) electrons. The average Bonchev–Trinajstić information content (AvgIpc) is 3.54. The van der Waals surface area contributed by atoms with Crippen LogP contribution in [0.2, 0.25) is 0 Å². The second-order valence-corrected chi connectivity index (χ2v) is 10.8. The van der Waals surface area contributed by atoms with E-state index in [-0.39, 0.29) is 17.1 Å². The van der Waals surface area contributed by atoms with Crippen LogP contribution in [0, 0.1) is 16.6 Å². The molecule has 0 saturated carbocycles. The van der Waals surface area contributed by atoms with Crippen molar-refractivity contribution in [2.75, 3.05) is 18.2 Å². The molecule has 0 bridgehead atoms. The molecule has 2 heterocycles. The number of aliphatic hydroxyl groups is 1. The van der Waals surface area contributed by atoms with Crippen molar-refractivity contribution in [2.45, 2.75) is 65.3 Å². The monoisotopic (exact) mass is 545 g/mol. The van der Waals surface area contributed by atoms with Gasteiger partial charge in [0.25, 0.3) is 0 Å².